The van der Waals surface area contributed by atoms with E-state index in [1.807, 2.05) is 42.5 Å². The summed E-state index contributed by atoms with van der Waals surface area (Å²) in [5.74, 6) is -0.808. The van der Waals surface area contributed by atoms with Gasteiger partial charge in [-0.1, -0.05) is 30.3 Å². The first kappa shape index (κ1) is 19.9. The molecule has 1 amide bonds. The van der Waals surface area contributed by atoms with E-state index in [1.54, 1.807) is 19.1 Å². The fourth-order valence-electron chi connectivity index (χ4n) is 4.00. The van der Waals surface area contributed by atoms with E-state index in [2.05, 4.69) is 0 Å². The zero-order valence-electron chi connectivity index (χ0n) is 16.7. The Morgan fingerprint density at radius 1 is 0.933 bits per heavy atom. The van der Waals surface area contributed by atoms with E-state index in [4.69, 9.17) is 9.47 Å². The van der Waals surface area contributed by atoms with Gasteiger partial charge < -0.3 is 14.4 Å². The number of halogens is 2. The monoisotopic (exact) mass is 409 g/mol. The number of benzene rings is 3. The molecule has 0 aromatic heterocycles. The third-order valence-corrected chi connectivity index (χ3v) is 5.36. The minimum absolute atomic E-state index is 0.0163. The van der Waals surface area contributed by atoms with E-state index in [1.165, 1.54) is 0 Å². The van der Waals surface area contributed by atoms with Gasteiger partial charge in [0.15, 0.2) is 11.5 Å². The number of amides is 1. The molecular formula is C24H21F2NO3. The summed E-state index contributed by atoms with van der Waals surface area (Å²) in [5.41, 5.74) is 2.82. The number of fused-ring (bicyclic) bond motifs is 1. The number of carbonyl (C=O) groups excluding carboxylic acids is 1. The van der Waals surface area contributed by atoms with E-state index in [0.29, 0.717) is 24.5 Å². The second kappa shape index (κ2) is 8.14. The van der Waals surface area contributed by atoms with Gasteiger partial charge in [-0.15, -0.1) is 0 Å². The molecule has 0 aliphatic carbocycles. The molecule has 0 radical (unpaired) electrons. The first-order valence-electron chi connectivity index (χ1n) is 9.58. The van der Waals surface area contributed by atoms with Crippen LogP contribution in [0.5, 0.6) is 11.5 Å². The van der Waals surface area contributed by atoms with Crippen LogP contribution in [-0.4, -0.2) is 31.6 Å². The minimum atomic E-state index is -0.779. The highest BCUT2D eigenvalue weighted by molar-refractivity contribution is 5.95. The summed E-state index contributed by atoms with van der Waals surface area (Å²) in [7, 11) is 3.14. The predicted molar refractivity (Wildman–Crippen MR) is 109 cm³/mol. The summed E-state index contributed by atoms with van der Waals surface area (Å²) in [6.07, 6.45) is 0.586. The molecule has 30 heavy (non-hydrogen) atoms. The molecule has 6 heteroatoms. The Labute approximate surface area is 173 Å². The van der Waals surface area contributed by atoms with Gasteiger partial charge in [0, 0.05) is 18.2 Å². The quantitative estimate of drug-likeness (QED) is 0.623. The molecule has 1 unspecified atom stereocenters. The molecular weight excluding hydrogens is 388 g/mol. The van der Waals surface area contributed by atoms with Gasteiger partial charge in [0.1, 0.15) is 11.6 Å². The molecule has 0 fully saturated rings. The second-order valence-corrected chi connectivity index (χ2v) is 7.13. The van der Waals surface area contributed by atoms with E-state index < -0.39 is 23.6 Å². The van der Waals surface area contributed by atoms with Crippen molar-refractivity contribution in [2.24, 2.45) is 0 Å². The van der Waals surface area contributed by atoms with Crippen molar-refractivity contribution in [3.05, 3.63) is 94.6 Å². The molecule has 1 aliphatic rings. The van der Waals surface area contributed by atoms with Crippen LogP contribution >= 0.6 is 0 Å². The predicted octanol–water partition coefficient (Wildman–Crippen LogP) is 4.77. The Morgan fingerprint density at radius 3 is 2.20 bits per heavy atom. The molecule has 0 spiro atoms. The lowest BCUT2D eigenvalue weighted by molar-refractivity contribution is 0.0693. The van der Waals surface area contributed by atoms with Crippen molar-refractivity contribution < 1.29 is 23.0 Å². The first-order valence-corrected chi connectivity index (χ1v) is 9.58. The van der Waals surface area contributed by atoms with Crippen LogP contribution in [0.15, 0.2) is 60.7 Å². The van der Waals surface area contributed by atoms with Crippen molar-refractivity contribution in [2.45, 2.75) is 12.5 Å². The van der Waals surface area contributed by atoms with Gasteiger partial charge >= 0.3 is 0 Å². The van der Waals surface area contributed by atoms with Gasteiger partial charge in [-0.05, 0) is 47.4 Å². The summed E-state index contributed by atoms with van der Waals surface area (Å²) in [6.45, 7) is 0.402. The van der Waals surface area contributed by atoms with Crippen molar-refractivity contribution in [1.29, 1.82) is 0 Å². The summed E-state index contributed by atoms with van der Waals surface area (Å²) >= 11 is 0. The van der Waals surface area contributed by atoms with Crippen molar-refractivity contribution in [1.82, 2.24) is 4.90 Å². The molecule has 3 aromatic rings. The van der Waals surface area contributed by atoms with Crippen molar-refractivity contribution in [3.8, 4) is 11.5 Å². The molecule has 0 saturated carbocycles. The summed E-state index contributed by atoms with van der Waals surface area (Å²) in [6, 6.07) is 15.8. The second-order valence-electron chi connectivity index (χ2n) is 7.13. The molecule has 154 valence electrons. The molecule has 4 nitrogen and oxygen atoms in total. The number of rotatable bonds is 4. The fraction of sp³-hybridized carbons (Fsp3) is 0.208. The van der Waals surface area contributed by atoms with Gasteiger partial charge in [-0.2, -0.15) is 0 Å². The highest BCUT2D eigenvalue weighted by atomic mass is 19.1. The van der Waals surface area contributed by atoms with Gasteiger partial charge in [0.2, 0.25) is 0 Å². The van der Waals surface area contributed by atoms with Crippen molar-refractivity contribution >= 4 is 5.91 Å². The topological polar surface area (TPSA) is 38.8 Å². The lowest BCUT2D eigenvalue weighted by Crippen LogP contribution is -2.40. The standard InChI is InChI=1S/C24H21F2NO3/c1-29-21-12-16-8-9-27(24(28)17-10-18(25)13-19(26)11-17)23(15-6-4-3-5-7-15)20(16)14-22(21)30-2/h3-7,10-14,23H,8-9H2,1-2H3. The number of nitrogens with zero attached hydrogens (tertiary/aromatic N) is 1. The Morgan fingerprint density at radius 2 is 1.57 bits per heavy atom. The Hall–Kier alpha value is -3.41. The van der Waals surface area contributed by atoms with E-state index in [9.17, 15) is 13.6 Å². The Balaban J connectivity index is 1.85. The lowest BCUT2D eigenvalue weighted by atomic mass is 9.87. The molecule has 4 rings (SSSR count). The molecule has 1 atom stereocenters. The molecule has 0 N–H and O–H groups in total. The van der Waals surface area contributed by atoms with E-state index >= 15 is 0 Å². The minimum Gasteiger partial charge on any atom is -0.493 e. The van der Waals surface area contributed by atoms with Crippen LogP contribution in [0.3, 0.4) is 0 Å². The van der Waals surface area contributed by atoms with Crippen LogP contribution in [0.1, 0.15) is 33.1 Å². The number of ether oxygens (including phenoxy) is 2. The summed E-state index contributed by atoms with van der Waals surface area (Å²) in [5, 5.41) is 0. The first-order chi connectivity index (χ1) is 14.5. The molecule has 3 aromatic carbocycles. The van der Waals surface area contributed by atoms with Gasteiger partial charge in [0.25, 0.3) is 5.91 Å². The number of carbonyl (C=O) groups is 1. The average Bonchev–Trinajstić information content (AvgIpc) is 2.76. The van der Waals surface area contributed by atoms with Crippen LogP contribution in [0.25, 0.3) is 0 Å². The smallest absolute Gasteiger partial charge is 0.254 e. The average molecular weight is 409 g/mol. The molecule has 1 heterocycles. The Kier molecular flexibility index (Phi) is 5.40. The largest absolute Gasteiger partial charge is 0.493 e. The fourth-order valence-corrected chi connectivity index (χ4v) is 4.00. The highest BCUT2D eigenvalue weighted by Crippen LogP contribution is 2.41. The summed E-state index contributed by atoms with van der Waals surface area (Å²) in [4.78, 5) is 15.0. The maximum Gasteiger partial charge on any atom is 0.254 e. The maximum absolute atomic E-state index is 13.8. The van der Waals surface area contributed by atoms with Crippen molar-refractivity contribution in [2.75, 3.05) is 20.8 Å². The van der Waals surface area contributed by atoms with Crippen LogP contribution in [-0.2, 0) is 6.42 Å². The van der Waals surface area contributed by atoms with Crippen LogP contribution in [0, 0.1) is 11.6 Å². The maximum atomic E-state index is 13.8. The zero-order chi connectivity index (χ0) is 21.3. The van der Waals surface area contributed by atoms with E-state index in [0.717, 1.165) is 34.9 Å². The van der Waals surface area contributed by atoms with Gasteiger partial charge in [-0.25, -0.2) is 8.78 Å². The van der Waals surface area contributed by atoms with Crippen LogP contribution < -0.4 is 9.47 Å². The van der Waals surface area contributed by atoms with Gasteiger partial charge in [-0.3, -0.25) is 4.79 Å². The van der Waals surface area contributed by atoms with E-state index in [-0.39, 0.29) is 5.56 Å². The number of hydrogen-bond donors (Lipinski definition) is 0. The normalized spacial score (nSPS) is 15.5. The van der Waals surface area contributed by atoms with Crippen molar-refractivity contribution in [3.63, 3.8) is 0 Å². The number of hydrogen-bond acceptors (Lipinski definition) is 3. The SMILES string of the molecule is COc1cc2c(cc1OC)C(c1ccccc1)N(C(=O)c1cc(F)cc(F)c1)CC2. The molecule has 0 bridgehead atoms. The van der Waals surface area contributed by atoms with Gasteiger partial charge in [0.05, 0.1) is 20.3 Å². The Bertz CT molecular complexity index is 1070. The molecule has 1 aliphatic heterocycles. The lowest BCUT2D eigenvalue weighted by Gasteiger charge is -2.38. The summed E-state index contributed by atoms with van der Waals surface area (Å²) < 4.78 is 38.4. The highest BCUT2D eigenvalue weighted by Gasteiger charge is 2.34. The zero-order valence-corrected chi connectivity index (χ0v) is 16.7. The molecule has 0 saturated heterocycles. The number of methoxy groups -OCH3 is 2. The van der Waals surface area contributed by atoms with Crippen LogP contribution in [0.2, 0.25) is 0 Å². The third kappa shape index (κ3) is 3.61. The third-order valence-electron chi connectivity index (χ3n) is 5.36. The van der Waals surface area contributed by atoms with Crippen LogP contribution in [0.4, 0.5) is 8.78 Å².